The first-order valence-electron chi connectivity index (χ1n) is 9.65. The highest BCUT2D eigenvalue weighted by Crippen LogP contribution is 2.34. The summed E-state index contributed by atoms with van der Waals surface area (Å²) in [6.45, 7) is 9.30. The molecular formula is C22H28N2O4S. The van der Waals surface area contributed by atoms with Crippen LogP contribution in [0.5, 0.6) is 0 Å². The molecular weight excluding hydrogens is 388 g/mol. The van der Waals surface area contributed by atoms with Crippen molar-refractivity contribution in [1.82, 2.24) is 5.32 Å². The largest absolute Gasteiger partial charge is 0.462 e. The van der Waals surface area contributed by atoms with Crippen LogP contribution in [0.15, 0.2) is 30.3 Å². The van der Waals surface area contributed by atoms with Gasteiger partial charge in [0.05, 0.1) is 23.6 Å². The van der Waals surface area contributed by atoms with Crippen LogP contribution >= 0.6 is 11.3 Å². The number of benzene rings is 1. The van der Waals surface area contributed by atoms with Crippen molar-refractivity contribution in [3.63, 3.8) is 0 Å². The zero-order valence-corrected chi connectivity index (χ0v) is 18.3. The van der Waals surface area contributed by atoms with Gasteiger partial charge in [-0.05, 0) is 37.8 Å². The summed E-state index contributed by atoms with van der Waals surface area (Å²) in [7, 11) is 0. The Hall–Kier alpha value is -2.51. The first kappa shape index (κ1) is 22.8. The van der Waals surface area contributed by atoms with Crippen molar-refractivity contribution in [1.29, 1.82) is 0 Å². The number of ketones is 1. The SMILES string of the molecule is CCOC(=O)c1c(NC(=O)CN[C@@H](c2ccccc2)C(C)C)sc(C(C)=O)c1C. The molecule has 2 aromatic rings. The topological polar surface area (TPSA) is 84.5 Å². The number of anilines is 1. The van der Waals surface area contributed by atoms with E-state index in [0.29, 0.717) is 15.4 Å². The van der Waals surface area contributed by atoms with Crippen molar-refractivity contribution in [3.8, 4) is 0 Å². The predicted octanol–water partition coefficient (Wildman–Crippen LogP) is 4.36. The fraction of sp³-hybridized carbons (Fsp3) is 0.409. The summed E-state index contributed by atoms with van der Waals surface area (Å²) in [6, 6.07) is 9.96. The molecule has 7 heteroatoms. The van der Waals surface area contributed by atoms with Gasteiger partial charge in [0.15, 0.2) is 5.78 Å². The van der Waals surface area contributed by atoms with Crippen LogP contribution in [0, 0.1) is 12.8 Å². The molecule has 0 aliphatic rings. The maximum Gasteiger partial charge on any atom is 0.341 e. The van der Waals surface area contributed by atoms with Gasteiger partial charge >= 0.3 is 5.97 Å². The number of hydrogen-bond acceptors (Lipinski definition) is 6. The van der Waals surface area contributed by atoms with E-state index < -0.39 is 5.97 Å². The van der Waals surface area contributed by atoms with E-state index in [2.05, 4.69) is 24.5 Å². The second-order valence-corrected chi connectivity index (χ2v) is 8.12. The molecule has 0 aliphatic carbocycles. The first-order chi connectivity index (χ1) is 13.8. The summed E-state index contributed by atoms with van der Waals surface area (Å²) in [5.74, 6) is -0.691. The molecule has 29 heavy (non-hydrogen) atoms. The van der Waals surface area contributed by atoms with Gasteiger partial charge < -0.3 is 15.4 Å². The average Bonchev–Trinajstić information content (AvgIpc) is 2.99. The molecule has 0 bridgehead atoms. The van der Waals surface area contributed by atoms with Crippen molar-refractivity contribution in [3.05, 3.63) is 51.9 Å². The van der Waals surface area contributed by atoms with Crippen LogP contribution in [0.25, 0.3) is 0 Å². The maximum atomic E-state index is 12.6. The van der Waals surface area contributed by atoms with E-state index in [1.54, 1.807) is 13.8 Å². The zero-order chi connectivity index (χ0) is 21.6. The summed E-state index contributed by atoms with van der Waals surface area (Å²) in [6.07, 6.45) is 0. The van der Waals surface area contributed by atoms with Crippen LogP contribution in [0.4, 0.5) is 5.00 Å². The molecule has 0 fully saturated rings. The Bertz CT molecular complexity index is 874. The van der Waals surface area contributed by atoms with Crippen molar-refractivity contribution >= 4 is 34.0 Å². The van der Waals surface area contributed by atoms with Gasteiger partial charge in [-0.15, -0.1) is 11.3 Å². The number of rotatable bonds is 9. The third-order valence-corrected chi connectivity index (χ3v) is 5.82. The third-order valence-electron chi connectivity index (χ3n) is 4.51. The number of nitrogens with one attached hydrogen (secondary N) is 2. The number of Topliss-reactive ketones (excluding diaryl/α,β-unsaturated/α-hetero) is 1. The van der Waals surface area contributed by atoms with Crippen LogP contribution in [-0.4, -0.2) is 30.8 Å². The molecule has 1 amide bonds. The van der Waals surface area contributed by atoms with E-state index in [1.807, 2.05) is 30.3 Å². The van der Waals surface area contributed by atoms with Crippen molar-refractivity contribution < 1.29 is 19.1 Å². The van der Waals surface area contributed by atoms with Gasteiger partial charge in [0, 0.05) is 6.04 Å². The highest BCUT2D eigenvalue weighted by molar-refractivity contribution is 7.18. The number of amides is 1. The van der Waals surface area contributed by atoms with E-state index >= 15 is 0 Å². The minimum Gasteiger partial charge on any atom is -0.462 e. The number of thiophene rings is 1. The minimum atomic E-state index is -0.540. The Balaban J connectivity index is 2.16. The molecule has 6 nitrogen and oxygen atoms in total. The molecule has 0 saturated heterocycles. The van der Waals surface area contributed by atoms with Crippen LogP contribution in [0.3, 0.4) is 0 Å². The molecule has 0 aliphatic heterocycles. The number of esters is 1. The highest BCUT2D eigenvalue weighted by atomic mass is 32.1. The highest BCUT2D eigenvalue weighted by Gasteiger charge is 2.25. The molecule has 2 N–H and O–H groups in total. The summed E-state index contributed by atoms with van der Waals surface area (Å²) in [5, 5.41) is 6.40. The standard InChI is InChI=1S/C22H28N2O4S/c1-6-28-22(27)18-14(4)20(15(5)25)29-21(18)24-17(26)12-23-19(13(2)3)16-10-8-7-9-11-16/h7-11,13,19,23H,6,12H2,1-5H3,(H,24,26)/t19-/m1/s1. The molecule has 1 atom stereocenters. The molecule has 0 unspecified atom stereocenters. The molecule has 1 aromatic heterocycles. The summed E-state index contributed by atoms with van der Waals surface area (Å²) in [5.41, 5.74) is 1.89. The van der Waals surface area contributed by atoms with Gasteiger partial charge in [0.25, 0.3) is 0 Å². The van der Waals surface area contributed by atoms with Crippen molar-refractivity contribution in [2.75, 3.05) is 18.5 Å². The fourth-order valence-corrected chi connectivity index (χ4v) is 4.27. The molecule has 156 valence electrons. The van der Waals surface area contributed by atoms with Crippen LogP contribution in [-0.2, 0) is 9.53 Å². The summed E-state index contributed by atoms with van der Waals surface area (Å²) >= 11 is 1.10. The van der Waals surface area contributed by atoms with Gasteiger partial charge in [-0.3, -0.25) is 9.59 Å². The molecule has 1 heterocycles. The number of carbonyl (C=O) groups is 3. The lowest BCUT2D eigenvalue weighted by Crippen LogP contribution is -2.33. The monoisotopic (exact) mass is 416 g/mol. The second-order valence-electron chi connectivity index (χ2n) is 7.10. The molecule has 0 spiro atoms. The zero-order valence-electron chi connectivity index (χ0n) is 17.5. The van der Waals surface area contributed by atoms with Gasteiger partial charge in [-0.25, -0.2) is 4.79 Å². The normalized spacial score (nSPS) is 11.9. The van der Waals surface area contributed by atoms with E-state index in [9.17, 15) is 14.4 Å². The minimum absolute atomic E-state index is 0.0179. The average molecular weight is 417 g/mol. The number of ether oxygens (including phenoxy) is 1. The quantitative estimate of drug-likeness (QED) is 0.469. The van der Waals surface area contributed by atoms with Gasteiger partial charge in [-0.2, -0.15) is 0 Å². The van der Waals surface area contributed by atoms with Crippen LogP contribution in [0.1, 0.15) is 64.9 Å². The third kappa shape index (κ3) is 5.74. The fourth-order valence-electron chi connectivity index (χ4n) is 3.16. The lowest BCUT2D eigenvalue weighted by Gasteiger charge is -2.22. The Kier molecular flexibility index (Phi) is 8.10. The summed E-state index contributed by atoms with van der Waals surface area (Å²) in [4.78, 5) is 37.3. The van der Waals surface area contributed by atoms with E-state index in [-0.39, 0.29) is 42.4 Å². The van der Waals surface area contributed by atoms with Crippen LogP contribution in [0.2, 0.25) is 0 Å². The Morgan fingerprint density at radius 3 is 2.34 bits per heavy atom. The smallest absolute Gasteiger partial charge is 0.341 e. The van der Waals surface area contributed by atoms with Crippen molar-refractivity contribution in [2.24, 2.45) is 5.92 Å². The Morgan fingerprint density at radius 1 is 1.14 bits per heavy atom. The van der Waals surface area contributed by atoms with Crippen molar-refractivity contribution in [2.45, 2.75) is 40.7 Å². The van der Waals surface area contributed by atoms with E-state index in [1.165, 1.54) is 6.92 Å². The van der Waals surface area contributed by atoms with Gasteiger partial charge in [-0.1, -0.05) is 44.2 Å². The lowest BCUT2D eigenvalue weighted by molar-refractivity contribution is -0.115. The predicted molar refractivity (Wildman–Crippen MR) is 116 cm³/mol. The maximum absolute atomic E-state index is 12.6. The number of carbonyl (C=O) groups excluding carboxylic acids is 3. The molecule has 0 saturated carbocycles. The molecule has 2 rings (SSSR count). The van der Waals surface area contributed by atoms with E-state index in [4.69, 9.17) is 4.74 Å². The molecule has 0 radical (unpaired) electrons. The second kappa shape index (κ2) is 10.3. The van der Waals surface area contributed by atoms with E-state index in [0.717, 1.165) is 16.9 Å². The summed E-state index contributed by atoms with van der Waals surface area (Å²) < 4.78 is 5.10. The first-order valence-corrected chi connectivity index (χ1v) is 10.5. The van der Waals surface area contributed by atoms with Gasteiger partial charge in [0.1, 0.15) is 5.00 Å². The van der Waals surface area contributed by atoms with Crippen LogP contribution < -0.4 is 10.6 Å². The lowest BCUT2D eigenvalue weighted by atomic mass is 9.96. The molecule has 1 aromatic carbocycles. The van der Waals surface area contributed by atoms with Gasteiger partial charge in [0.2, 0.25) is 5.91 Å². The Morgan fingerprint density at radius 2 is 1.79 bits per heavy atom. The number of hydrogen-bond donors (Lipinski definition) is 2. The Labute approximate surface area is 175 Å².